The molecule has 5 heteroatoms. The maximum atomic E-state index is 11.9. The molecule has 1 heterocycles. The van der Waals surface area contributed by atoms with Crippen molar-refractivity contribution in [1.29, 1.82) is 0 Å². The van der Waals surface area contributed by atoms with Crippen LogP contribution in [0.25, 0.3) is 0 Å². The van der Waals surface area contributed by atoms with E-state index in [0.717, 1.165) is 24.8 Å². The summed E-state index contributed by atoms with van der Waals surface area (Å²) in [7, 11) is 0. The molecule has 0 saturated carbocycles. The third kappa shape index (κ3) is 3.27. The summed E-state index contributed by atoms with van der Waals surface area (Å²) in [4.78, 5) is 12.3. The fourth-order valence-electron chi connectivity index (χ4n) is 1.92. The molecule has 96 valence electrons. The van der Waals surface area contributed by atoms with Crippen molar-refractivity contribution in [2.45, 2.75) is 25.4 Å². The van der Waals surface area contributed by atoms with Crippen LogP contribution in [0.2, 0.25) is 0 Å². The molecular weight excluding hydrogens is 248 g/mol. The van der Waals surface area contributed by atoms with E-state index in [9.17, 15) is 4.79 Å². The largest absolute Gasteiger partial charge is 0.389 e. The Morgan fingerprint density at radius 2 is 2.28 bits per heavy atom. The van der Waals surface area contributed by atoms with Gasteiger partial charge in [-0.2, -0.15) is 0 Å². The van der Waals surface area contributed by atoms with E-state index >= 15 is 0 Å². The number of anilines is 1. The predicted molar refractivity (Wildman–Crippen MR) is 74.6 cm³/mol. The van der Waals surface area contributed by atoms with Crippen LogP contribution in [0.5, 0.6) is 0 Å². The van der Waals surface area contributed by atoms with Crippen LogP contribution in [0.4, 0.5) is 5.69 Å². The number of carbonyl (C=O) groups is 1. The smallest absolute Gasteiger partial charge is 0.253 e. The number of nitrogens with two attached hydrogens (primary N) is 1. The molecule has 18 heavy (non-hydrogen) atoms. The molecule has 1 aromatic carbocycles. The number of benzene rings is 1. The van der Waals surface area contributed by atoms with Gasteiger partial charge in [0.25, 0.3) is 5.91 Å². The second-order valence-corrected chi connectivity index (χ2v) is 4.73. The molecule has 1 atom stereocenters. The van der Waals surface area contributed by atoms with Crippen LogP contribution in [0.1, 0.15) is 24.8 Å². The van der Waals surface area contributed by atoms with E-state index < -0.39 is 0 Å². The lowest BCUT2D eigenvalue weighted by Crippen LogP contribution is -2.33. The van der Waals surface area contributed by atoms with Crippen molar-refractivity contribution in [2.75, 3.05) is 11.9 Å². The van der Waals surface area contributed by atoms with Crippen molar-refractivity contribution >= 4 is 28.8 Å². The predicted octanol–water partition coefficient (Wildman–Crippen LogP) is 1.83. The maximum absolute atomic E-state index is 11.9. The Hall–Kier alpha value is -1.46. The second kappa shape index (κ2) is 5.93. The zero-order chi connectivity index (χ0) is 13.0. The Morgan fingerprint density at radius 1 is 1.44 bits per heavy atom. The van der Waals surface area contributed by atoms with Gasteiger partial charge < -0.3 is 15.8 Å². The topological polar surface area (TPSA) is 64.3 Å². The van der Waals surface area contributed by atoms with Gasteiger partial charge in [-0.1, -0.05) is 24.4 Å². The average molecular weight is 264 g/mol. The number of amides is 1. The van der Waals surface area contributed by atoms with Crippen molar-refractivity contribution in [3.63, 3.8) is 0 Å². The van der Waals surface area contributed by atoms with Gasteiger partial charge >= 0.3 is 0 Å². The van der Waals surface area contributed by atoms with Gasteiger partial charge in [0.15, 0.2) is 0 Å². The minimum absolute atomic E-state index is 0.102. The quantitative estimate of drug-likeness (QED) is 0.817. The van der Waals surface area contributed by atoms with Crippen molar-refractivity contribution in [2.24, 2.45) is 5.73 Å². The Kier molecular flexibility index (Phi) is 4.28. The van der Waals surface area contributed by atoms with Crippen LogP contribution in [0.15, 0.2) is 24.3 Å². The monoisotopic (exact) mass is 264 g/mol. The molecule has 0 aromatic heterocycles. The van der Waals surface area contributed by atoms with Crippen LogP contribution < -0.4 is 11.1 Å². The normalized spacial score (nSPS) is 19.2. The fraction of sp³-hybridized carbons (Fsp3) is 0.385. The molecule has 0 aliphatic carbocycles. The van der Waals surface area contributed by atoms with Crippen molar-refractivity contribution < 1.29 is 9.53 Å². The van der Waals surface area contributed by atoms with E-state index in [0.29, 0.717) is 17.3 Å². The summed E-state index contributed by atoms with van der Waals surface area (Å²) in [6.07, 6.45) is 2.50. The molecule has 1 aromatic rings. The number of hydrogen-bond acceptors (Lipinski definition) is 3. The highest BCUT2D eigenvalue weighted by atomic mass is 32.1. The lowest BCUT2D eigenvalue weighted by molar-refractivity contribution is -0.129. The molecule has 1 saturated heterocycles. The summed E-state index contributed by atoms with van der Waals surface area (Å²) in [5, 5.41) is 2.83. The van der Waals surface area contributed by atoms with Gasteiger partial charge in [0.05, 0.1) is 0 Å². The SMILES string of the molecule is NC(=S)c1cccc(NC(=O)C2CCCCO2)c1. The van der Waals surface area contributed by atoms with Crippen molar-refractivity contribution in [1.82, 2.24) is 0 Å². The van der Waals surface area contributed by atoms with E-state index in [-0.39, 0.29) is 12.0 Å². The van der Waals surface area contributed by atoms with Crippen LogP contribution in [0.3, 0.4) is 0 Å². The van der Waals surface area contributed by atoms with Gasteiger partial charge in [-0.05, 0) is 31.4 Å². The van der Waals surface area contributed by atoms with Crippen LogP contribution in [-0.4, -0.2) is 23.6 Å². The first-order chi connectivity index (χ1) is 8.66. The van der Waals surface area contributed by atoms with Gasteiger partial charge in [-0.3, -0.25) is 4.79 Å². The number of ether oxygens (including phenoxy) is 1. The van der Waals surface area contributed by atoms with Gasteiger partial charge in [-0.25, -0.2) is 0 Å². The van der Waals surface area contributed by atoms with Gasteiger partial charge in [0.1, 0.15) is 11.1 Å². The van der Waals surface area contributed by atoms with Crippen LogP contribution in [-0.2, 0) is 9.53 Å². The molecular formula is C13H16N2O2S. The van der Waals surface area contributed by atoms with Crippen LogP contribution >= 0.6 is 12.2 Å². The number of carbonyl (C=O) groups excluding carboxylic acids is 1. The number of thiocarbonyl (C=S) groups is 1. The Labute approximate surface area is 112 Å². The van der Waals surface area contributed by atoms with E-state index in [1.54, 1.807) is 6.07 Å². The minimum Gasteiger partial charge on any atom is -0.389 e. The summed E-state index contributed by atoms with van der Waals surface area (Å²) >= 11 is 4.90. The number of hydrogen-bond donors (Lipinski definition) is 2. The van der Waals surface area contributed by atoms with Crippen molar-refractivity contribution in [3.8, 4) is 0 Å². The zero-order valence-corrected chi connectivity index (χ0v) is 10.8. The molecule has 1 fully saturated rings. The highest BCUT2D eigenvalue weighted by Gasteiger charge is 2.21. The molecule has 1 aliphatic rings. The summed E-state index contributed by atoms with van der Waals surface area (Å²) in [5.41, 5.74) is 6.99. The van der Waals surface area contributed by atoms with E-state index in [4.69, 9.17) is 22.7 Å². The highest BCUT2D eigenvalue weighted by Crippen LogP contribution is 2.16. The van der Waals surface area contributed by atoms with Crippen molar-refractivity contribution in [3.05, 3.63) is 29.8 Å². The molecule has 0 bridgehead atoms. The zero-order valence-electron chi connectivity index (χ0n) is 10.0. The lowest BCUT2D eigenvalue weighted by atomic mass is 10.1. The molecule has 0 spiro atoms. The Morgan fingerprint density at radius 3 is 2.94 bits per heavy atom. The van der Waals surface area contributed by atoms with Gasteiger partial charge in [0, 0.05) is 17.9 Å². The first kappa shape index (κ1) is 13.0. The molecule has 1 amide bonds. The number of nitrogens with one attached hydrogen (secondary N) is 1. The maximum Gasteiger partial charge on any atom is 0.253 e. The molecule has 2 rings (SSSR count). The van der Waals surface area contributed by atoms with Gasteiger partial charge in [0.2, 0.25) is 0 Å². The second-order valence-electron chi connectivity index (χ2n) is 4.29. The minimum atomic E-state index is -0.341. The van der Waals surface area contributed by atoms with E-state index in [1.807, 2.05) is 18.2 Å². The molecule has 3 N–H and O–H groups in total. The summed E-state index contributed by atoms with van der Waals surface area (Å²) in [5.74, 6) is -0.102. The summed E-state index contributed by atoms with van der Waals surface area (Å²) in [6.45, 7) is 0.658. The third-order valence-electron chi connectivity index (χ3n) is 2.89. The average Bonchev–Trinajstić information content (AvgIpc) is 2.40. The van der Waals surface area contributed by atoms with E-state index in [2.05, 4.69) is 5.32 Å². The first-order valence-electron chi connectivity index (χ1n) is 5.99. The standard InChI is InChI=1S/C13H16N2O2S/c14-12(18)9-4-3-5-10(8-9)15-13(16)11-6-1-2-7-17-11/h3-5,8,11H,1-2,6-7H2,(H2,14,18)(H,15,16). The summed E-state index contributed by atoms with van der Waals surface area (Å²) in [6, 6.07) is 7.20. The highest BCUT2D eigenvalue weighted by molar-refractivity contribution is 7.80. The Bertz CT molecular complexity index is 456. The van der Waals surface area contributed by atoms with Gasteiger partial charge in [-0.15, -0.1) is 0 Å². The molecule has 1 aliphatic heterocycles. The first-order valence-corrected chi connectivity index (χ1v) is 6.40. The van der Waals surface area contributed by atoms with E-state index in [1.165, 1.54) is 0 Å². The molecule has 0 radical (unpaired) electrons. The lowest BCUT2D eigenvalue weighted by Gasteiger charge is -2.21. The third-order valence-corrected chi connectivity index (χ3v) is 3.12. The van der Waals surface area contributed by atoms with Crippen LogP contribution in [0, 0.1) is 0 Å². The fourth-order valence-corrected chi connectivity index (χ4v) is 2.05. The Balaban J connectivity index is 2.02. The summed E-state index contributed by atoms with van der Waals surface area (Å²) < 4.78 is 5.43. The number of rotatable bonds is 3. The molecule has 4 nitrogen and oxygen atoms in total. The molecule has 1 unspecified atom stereocenters.